The molecule has 3 aromatic rings. The van der Waals surface area contributed by atoms with Crippen LogP contribution in [0.2, 0.25) is 0 Å². The van der Waals surface area contributed by atoms with Gasteiger partial charge in [-0.1, -0.05) is 30.3 Å². The number of amides is 2. The van der Waals surface area contributed by atoms with Gasteiger partial charge in [0, 0.05) is 16.9 Å². The smallest absolute Gasteiger partial charge is 0.258 e. The van der Waals surface area contributed by atoms with Crippen molar-refractivity contribution in [3.63, 3.8) is 0 Å². The number of carbonyl (C=O) groups is 2. The molecular weight excluding hydrogens is 319 g/mol. The summed E-state index contributed by atoms with van der Waals surface area (Å²) < 4.78 is 13.6. The van der Waals surface area contributed by atoms with Crippen molar-refractivity contribution in [3.8, 4) is 0 Å². The Morgan fingerprint density at radius 2 is 1.16 bits per heavy atom. The molecule has 0 aliphatic carbocycles. The van der Waals surface area contributed by atoms with Gasteiger partial charge in [-0.05, 0) is 48.5 Å². The number of carbonyl (C=O) groups excluding carboxylic acids is 2. The van der Waals surface area contributed by atoms with Crippen molar-refractivity contribution in [1.29, 1.82) is 0 Å². The van der Waals surface area contributed by atoms with Gasteiger partial charge in [0.15, 0.2) is 0 Å². The van der Waals surface area contributed by atoms with Crippen LogP contribution in [0.3, 0.4) is 0 Å². The molecule has 0 aliphatic rings. The van der Waals surface area contributed by atoms with E-state index in [-0.39, 0.29) is 11.5 Å². The standard InChI is InChI=1S/C20H15FN2O2/c21-18-9-5-4-8-17(18)20(25)23-16-12-10-15(11-13-16)22-19(24)14-6-2-1-3-7-14/h1-13H,(H,22,24)(H,23,25). The Bertz CT molecular complexity index is 893. The van der Waals surface area contributed by atoms with Gasteiger partial charge >= 0.3 is 0 Å². The van der Waals surface area contributed by atoms with Crippen molar-refractivity contribution >= 4 is 23.2 Å². The van der Waals surface area contributed by atoms with Gasteiger partial charge in [0.1, 0.15) is 5.82 Å². The second-order valence-corrected chi connectivity index (χ2v) is 5.33. The molecule has 2 amide bonds. The second kappa shape index (κ2) is 7.40. The highest BCUT2D eigenvalue weighted by Gasteiger charge is 2.11. The predicted octanol–water partition coefficient (Wildman–Crippen LogP) is 4.33. The summed E-state index contributed by atoms with van der Waals surface area (Å²) in [6.07, 6.45) is 0. The predicted molar refractivity (Wildman–Crippen MR) is 95.2 cm³/mol. The third kappa shape index (κ3) is 4.09. The first-order valence-corrected chi connectivity index (χ1v) is 7.66. The first-order chi connectivity index (χ1) is 12.1. The summed E-state index contributed by atoms with van der Waals surface area (Å²) in [5.74, 6) is -1.32. The van der Waals surface area contributed by atoms with Gasteiger partial charge in [0.2, 0.25) is 0 Å². The van der Waals surface area contributed by atoms with Gasteiger partial charge in [-0.15, -0.1) is 0 Å². The molecule has 0 spiro atoms. The van der Waals surface area contributed by atoms with Crippen LogP contribution in [0.5, 0.6) is 0 Å². The molecule has 0 aliphatic heterocycles. The summed E-state index contributed by atoms with van der Waals surface area (Å²) >= 11 is 0. The van der Waals surface area contributed by atoms with E-state index in [4.69, 9.17) is 0 Å². The van der Waals surface area contributed by atoms with Crippen molar-refractivity contribution in [3.05, 3.63) is 95.8 Å². The van der Waals surface area contributed by atoms with E-state index in [1.54, 1.807) is 54.6 Å². The van der Waals surface area contributed by atoms with Crippen LogP contribution in [-0.2, 0) is 0 Å². The van der Waals surface area contributed by atoms with Gasteiger partial charge in [-0.25, -0.2) is 4.39 Å². The lowest BCUT2D eigenvalue weighted by Gasteiger charge is -2.08. The SMILES string of the molecule is O=C(Nc1ccc(NC(=O)c2ccccc2F)cc1)c1ccccc1. The summed E-state index contributed by atoms with van der Waals surface area (Å²) in [4.78, 5) is 24.1. The minimum Gasteiger partial charge on any atom is -0.322 e. The maximum Gasteiger partial charge on any atom is 0.258 e. The van der Waals surface area contributed by atoms with Crippen molar-refractivity contribution < 1.29 is 14.0 Å². The Morgan fingerprint density at radius 1 is 0.640 bits per heavy atom. The van der Waals surface area contributed by atoms with Crippen molar-refractivity contribution in [2.45, 2.75) is 0 Å². The van der Waals surface area contributed by atoms with E-state index < -0.39 is 11.7 Å². The molecule has 0 fully saturated rings. The Labute approximate surface area is 144 Å². The number of hydrogen-bond acceptors (Lipinski definition) is 2. The number of hydrogen-bond donors (Lipinski definition) is 2. The van der Waals surface area contributed by atoms with Crippen LogP contribution >= 0.6 is 0 Å². The molecule has 0 heterocycles. The van der Waals surface area contributed by atoms with Crippen LogP contribution in [0, 0.1) is 5.82 Å². The monoisotopic (exact) mass is 334 g/mol. The van der Waals surface area contributed by atoms with Crippen LogP contribution in [0.1, 0.15) is 20.7 Å². The minimum absolute atomic E-state index is 0.0241. The van der Waals surface area contributed by atoms with Crippen LogP contribution in [0.4, 0.5) is 15.8 Å². The molecule has 0 saturated heterocycles. The zero-order valence-electron chi connectivity index (χ0n) is 13.2. The molecule has 0 aromatic heterocycles. The van der Waals surface area contributed by atoms with E-state index in [9.17, 15) is 14.0 Å². The van der Waals surface area contributed by atoms with E-state index in [1.165, 1.54) is 18.2 Å². The zero-order valence-corrected chi connectivity index (χ0v) is 13.2. The Balaban J connectivity index is 1.65. The van der Waals surface area contributed by atoms with E-state index in [2.05, 4.69) is 10.6 Å². The molecule has 2 N–H and O–H groups in total. The normalized spacial score (nSPS) is 10.1. The fourth-order valence-corrected chi connectivity index (χ4v) is 2.27. The van der Waals surface area contributed by atoms with Gasteiger partial charge in [0.05, 0.1) is 5.56 Å². The van der Waals surface area contributed by atoms with Crippen LogP contribution in [-0.4, -0.2) is 11.8 Å². The first-order valence-electron chi connectivity index (χ1n) is 7.66. The summed E-state index contributed by atoms with van der Waals surface area (Å²) in [6, 6.07) is 21.2. The van der Waals surface area contributed by atoms with Crippen molar-refractivity contribution in [2.24, 2.45) is 0 Å². The molecule has 124 valence electrons. The van der Waals surface area contributed by atoms with Crippen molar-refractivity contribution in [2.75, 3.05) is 10.6 Å². The van der Waals surface area contributed by atoms with Gasteiger partial charge in [-0.2, -0.15) is 0 Å². The Morgan fingerprint density at radius 3 is 1.76 bits per heavy atom. The largest absolute Gasteiger partial charge is 0.322 e. The highest BCUT2D eigenvalue weighted by atomic mass is 19.1. The molecule has 3 aromatic carbocycles. The lowest BCUT2D eigenvalue weighted by molar-refractivity contribution is 0.101. The number of nitrogens with one attached hydrogen (secondary N) is 2. The number of rotatable bonds is 4. The van der Waals surface area contributed by atoms with Gasteiger partial charge in [-0.3, -0.25) is 9.59 Å². The highest BCUT2D eigenvalue weighted by Crippen LogP contribution is 2.16. The topological polar surface area (TPSA) is 58.2 Å². The van der Waals surface area contributed by atoms with Gasteiger partial charge in [0.25, 0.3) is 11.8 Å². The molecule has 3 rings (SSSR count). The minimum atomic E-state index is -0.577. The second-order valence-electron chi connectivity index (χ2n) is 5.33. The molecule has 0 saturated carbocycles. The molecule has 25 heavy (non-hydrogen) atoms. The maximum absolute atomic E-state index is 13.6. The number of anilines is 2. The van der Waals surface area contributed by atoms with E-state index >= 15 is 0 Å². The summed E-state index contributed by atoms with van der Waals surface area (Å²) in [6.45, 7) is 0. The highest BCUT2D eigenvalue weighted by molar-refractivity contribution is 6.05. The van der Waals surface area contributed by atoms with E-state index in [1.807, 2.05) is 6.07 Å². The average Bonchev–Trinajstić information content (AvgIpc) is 2.64. The molecule has 0 unspecified atom stereocenters. The lowest BCUT2D eigenvalue weighted by atomic mass is 10.2. The zero-order chi connectivity index (χ0) is 17.6. The fourth-order valence-electron chi connectivity index (χ4n) is 2.27. The molecule has 0 atom stereocenters. The third-order valence-corrected chi connectivity index (χ3v) is 3.56. The van der Waals surface area contributed by atoms with Crippen LogP contribution in [0.25, 0.3) is 0 Å². The Hall–Kier alpha value is -3.47. The Kier molecular flexibility index (Phi) is 4.85. The van der Waals surface area contributed by atoms with Crippen molar-refractivity contribution in [1.82, 2.24) is 0 Å². The first kappa shape index (κ1) is 16.4. The maximum atomic E-state index is 13.6. The van der Waals surface area contributed by atoms with E-state index in [0.29, 0.717) is 16.9 Å². The van der Waals surface area contributed by atoms with Crippen LogP contribution < -0.4 is 10.6 Å². The molecule has 0 bridgehead atoms. The molecular formula is C20H15FN2O2. The lowest BCUT2D eigenvalue weighted by Crippen LogP contribution is -2.14. The molecule has 0 radical (unpaired) electrons. The quantitative estimate of drug-likeness (QED) is 0.746. The third-order valence-electron chi connectivity index (χ3n) is 3.56. The number of halogens is 1. The molecule has 5 heteroatoms. The summed E-state index contributed by atoms with van der Waals surface area (Å²) in [5, 5.41) is 5.39. The molecule has 4 nitrogen and oxygen atoms in total. The van der Waals surface area contributed by atoms with Gasteiger partial charge < -0.3 is 10.6 Å². The average molecular weight is 334 g/mol. The summed E-state index contributed by atoms with van der Waals surface area (Å²) in [5.41, 5.74) is 1.63. The summed E-state index contributed by atoms with van der Waals surface area (Å²) in [7, 11) is 0. The van der Waals surface area contributed by atoms with E-state index in [0.717, 1.165) is 0 Å². The number of benzene rings is 3. The fraction of sp³-hybridized carbons (Fsp3) is 0. The van der Waals surface area contributed by atoms with Crippen LogP contribution in [0.15, 0.2) is 78.9 Å².